The second kappa shape index (κ2) is 5.41. The van der Waals surface area contributed by atoms with Gasteiger partial charge >= 0.3 is 0 Å². The molecule has 2 aromatic heterocycles. The van der Waals surface area contributed by atoms with Gasteiger partial charge in [-0.25, -0.2) is 9.97 Å². The van der Waals surface area contributed by atoms with E-state index in [1.807, 2.05) is 4.90 Å². The van der Waals surface area contributed by atoms with Crippen molar-refractivity contribution >= 4 is 5.91 Å². The fourth-order valence-electron chi connectivity index (χ4n) is 4.46. The lowest BCUT2D eigenvalue weighted by Gasteiger charge is -2.15. The number of carbonyl (C=O) groups is 1. The summed E-state index contributed by atoms with van der Waals surface area (Å²) in [6.45, 7) is 1.50. The molecule has 136 valence electrons. The first-order valence-electron chi connectivity index (χ1n) is 9.92. The molecule has 7 nitrogen and oxygen atoms in total. The van der Waals surface area contributed by atoms with Crippen LogP contribution in [0, 0.1) is 11.8 Å². The molecule has 1 aliphatic heterocycles. The summed E-state index contributed by atoms with van der Waals surface area (Å²) >= 11 is 0. The molecule has 4 fully saturated rings. The van der Waals surface area contributed by atoms with Crippen LogP contribution in [0.25, 0.3) is 0 Å². The van der Waals surface area contributed by atoms with E-state index in [1.165, 1.54) is 32.1 Å². The number of rotatable bonds is 5. The van der Waals surface area contributed by atoms with Crippen LogP contribution in [0.4, 0.5) is 0 Å². The zero-order chi connectivity index (χ0) is 17.3. The summed E-state index contributed by atoms with van der Waals surface area (Å²) in [6, 6.07) is 0. The number of nitrogens with zero attached hydrogens (tertiary/aromatic N) is 4. The highest BCUT2D eigenvalue weighted by atomic mass is 16.3. The first-order chi connectivity index (χ1) is 12.8. The van der Waals surface area contributed by atoms with Crippen LogP contribution in [0.15, 0.2) is 10.8 Å². The van der Waals surface area contributed by atoms with Gasteiger partial charge in [0.05, 0.1) is 0 Å². The Morgan fingerprint density at radius 2 is 1.92 bits per heavy atom. The zero-order valence-electron chi connectivity index (χ0n) is 14.7. The van der Waals surface area contributed by atoms with Crippen molar-refractivity contribution in [3.8, 4) is 0 Å². The van der Waals surface area contributed by atoms with Crippen molar-refractivity contribution in [3.05, 3.63) is 29.5 Å². The standard InChI is InChI=1S/C19H23N5O2/c25-19(15-16(11-3-4-11)26-9-20-15)24-7-13(10-1-2-10)14(8-24)18-21-17(22-23-18)12-5-6-12/h9-14H,1-8H2,(H,21,22,23)/t13-,14+/m1/s1. The van der Waals surface area contributed by atoms with E-state index < -0.39 is 0 Å². The van der Waals surface area contributed by atoms with Crippen LogP contribution in [0.3, 0.4) is 0 Å². The third-order valence-corrected chi connectivity index (χ3v) is 6.44. The maximum Gasteiger partial charge on any atom is 0.276 e. The Balaban J connectivity index is 1.26. The smallest absolute Gasteiger partial charge is 0.276 e. The third-order valence-electron chi connectivity index (χ3n) is 6.44. The number of H-pyrrole nitrogens is 1. The van der Waals surface area contributed by atoms with Gasteiger partial charge in [0.15, 0.2) is 17.9 Å². The number of aromatic amines is 1. The van der Waals surface area contributed by atoms with E-state index in [1.54, 1.807) is 0 Å². The number of oxazole rings is 1. The molecule has 0 unspecified atom stereocenters. The average molecular weight is 353 g/mol. The number of likely N-dealkylation sites (tertiary alicyclic amines) is 1. The third kappa shape index (κ3) is 2.47. The van der Waals surface area contributed by atoms with Crippen LogP contribution in [0.1, 0.15) is 84.2 Å². The van der Waals surface area contributed by atoms with Crippen LogP contribution in [0.5, 0.6) is 0 Å². The van der Waals surface area contributed by atoms with E-state index in [-0.39, 0.29) is 11.8 Å². The van der Waals surface area contributed by atoms with Crippen molar-refractivity contribution in [3.63, 3.8) is 0 Å². The molecule has 1 N–H and O–H groups in total. The second-order valence-electron chi connectivity index (χ2n) is 8.51. The molecule has 3 saturated carbocycles. The molecule has 4 aliphatic rings. The van der Waals surface area contributed by atoms with Crippen molar-refractivity contribution in [2.24, 2.45) is 11.8 Å². The molecule has 1 saturated heterocycles. The van der Waals surface area contributed by atoms with Crippen LogP contribution in [0.2, 0.25) is 0 Å². The van der Waals surface area contributed by atoms with Crippen LogP contribution in [-0.4, -0.2) is 44.1 Å². The van der Waals surface area contributed by atoms with Gasteiger partial charge in [-0.15, -0.1) is 0 Å². The monoisotopic (exact) mass is 353 g/mol. The number of aromatic nitrogens is 4. The molecule has 1 amide bonds. The second-order valence-corrected chi connectivity index (χ2v) is 8.51. The summed E-state index contributed by atoms with van der Waals surface area (Å²) in [7, 11) is 0. The van der Waals surface area contributed by atoms with Crippen molar-refractivity contribution < 1.29 is 9.21 Å². The highest BCUT2D eigenvalue weighted by Crippen LogP contribution is 2.48. The predicted molar refractivity (Wildman–Crippen MR) is 91.7 cm³/mol. The minimum absolute atomic E-state index is 0.0238. The van der Waals surface area contributed by atoms with Gasteiger partial charge in [0.25, 0.3) is 5.91 Å². The molecule has 0 spiro atoms. The molecule has 0 aromatic carbocycles. The fourth-order valence-corrected chi connectivity index (χ4v) is 4.46. The lowest BCUT2D eigenvalue weighted by atomic mass is 9.91. The Labute approximate surface area is 151 Å². The van der Waals surface area contributed by atoms with Crippen molar-refractivity contribution in [2.45, 2.75) is 56.3 Å². The largest absolute Gasteiger partial charge is 0.447 e. The maximum absolute atomic E-state index is 13.1. The summed E-state index contributed by atoms with van der Waals surface area (Å²) in [6.07, 6.45) is 8.57. The van der Waals surface area contributed by atoms with Gasteiger partial charge in [-0.05, 0) is 50.4 Å². The fraction of sp³-hybridized carbons (Fsp3) is 0.684. The Hall–Kier alpha value is -2.18. The molecule has 0 radical (unpaired) electrons. The molecule has 6 rings (SSSR count). The Kier molecular flexibility index (Phi) is 3.11. The molecular weight excluding hydrogens is 330 g/mol. The molecule has 2 aromatic rings. The summed E-state index contributed by atoms with van der Waals surface area (Å²) in [5.74, 6) is 5.16. The van der Waals surface area contributed by atoms with Gasteiger partial charge in [-0.3, -0.25) is 9.89 Å². The van der Waals surface area contributed by atoms with Crippen LogP contribution >= 0.6 is 0 Å². The molecule has 3 heterocycles. The Morgan fingerprint density at radius 3 is 2.65 bits per heavy atom. The number of amides is 1. The van der Waals surface area contributed by atoms with Crippen molar-refractivity contribution in [1.29, 1.82) is 0 Å². The molecule has 3 aliphatic carbocycles. The molecule has 7 heteroatoms. The number of carbonyl (C=O) groups excluding carboxylic acids is 1. The maximum atomic E-state index is 13.1. The van der Waals surface area contributed by atoms with Crippen LogP contribution in [-0.2, 0) is 0 Å². The van der Waals surface area contributed by atoms with E-state index in [0.29, 0.717) is 35.9 Å². The topological polar surface area (TPSA) is 87.9 Å². The number of nitrogens with one attached hydrogen (secondary N) is 1. The van der Waals surface area contributed by atoms with Gasteiger partial charge in [0.1, 0.15) is 11.6 Å². The highest BCUT2D eigenvalue weighted by molar-refractivity contribution is 5.93. The lowest BCUT2D eigenvalue weighted by molar-refractivity contribution is 0.0777. The van der Waals surface area contributed by atoms with Gasteiger partial charge in [-0.2, -0.15) is 5.10 Å². The van der Waals surface area contributed by atoms with Crippen molar-refractivity contribution in [1.82, 2.24) is 25.1 Å². The quantitative estimate of drug-likeness (QED) is 0.893. The van der Waals surface area contributed by atoms with E-state index in [0.717, 1.165) is 36.8 Å². The van der Waals surface area contributed by atoms with E-state index in [4.69, 9.17) is 9.40 Å². The molecule has 0 bridgehead atoms. The summed E-state index contributed by atoms with van der Waals surface area (Å²) in [4.78, 5) is 24.1. The average Bonchev–Trinajstić information content (AvgIpc) is 3.62. The minimum Gasteiger partial charge on any atom is -0.447 e. The van der Waals surface area contributed by atoms with Crippen LogP contribution < -0.4 is 0 Å². The summed E-state index contributed by atoms with van der Waals surface area (Å²) in [5, 5.41) is 7.62. The predicted octanol–water partition coefficient (Wildman–Crippen LogP) is 2.81. The zero-order valence-corrected chi connectivity index (χ0v) is 14.7. The van der Waals surface area contributed by atoms with Gasteiger partial charge < -0.3 is 9.32 Å². The van der Waals surface area contributed by atoms with E-state index in [9.17, 15) is 4.79 Å². The SMILES string of the molecule is O=C(c1ncoc1C1CC1)N1C[C@H](c2nc(C3CC3)n[nH]2)[C@@H](C2CC2)C1. The van der Waals surface area contributed by atoms with E-state index in [2.05, 4.69) is 15.2 Å². The lowest BCUT2D eigenvalue weighted by Crippen LogP contribution is -2.30. The van der Waals surface area contributed by atoms with Gasteiger partial charge in [0, 0.05) is 30.8 Å². The summed E-state index contributed by atoms with van der Waals surface area (Å²) < 4.78 is 5.52. The molecular formula is C19H23N5O2. The minimum atomic E-state index is 0.0238. The van der Waals surface area contributed by atoms with Crippen molar-refractivity contribution in [2.75, 3.05) is 13.1 Å². The molecule has 26 heavy (non-hydrogen) atoms. The normalized spacial score (nSPS) is 28.7. The highest BCUT2D eigenvalue weighted by Gasteiger charge is 2.47. The van der Waals surface area contributed by atoms with Gasteiger partial charge in [0.2, 0.25) is 0 Å². The van der Waals surface area contributed by atoms with Gasteiger partial charge in [-0.1, -0.05) is 0 Å². The summed E-state index contributed by atoms with van der Waals surface area (Å²) in [5.41, 5.74) is 0.527. The number of hydrogen-bond acceptors (Lipinski definition) is 5. The van der Waals surface area contributed by atoms with E-state index >= 15 is 0 Å². The molecule has 2 atom stereocenters. The Bertz CT molecular complexity index is 846. The first-order valence-corrected chi connectivity index (χ1v) is 9.92. The Morgan fingerprint density at radius 1 is 1.12 bits per heavy atom. The number of hydrogen-bond donors (Lipinski definition) is 1. The first kappa shape index (κ1) is 14.9.